The Labute approximate surface area is 120 Å². The highest BCUT2D eigenvalue weighted by atomic mass is 32.2. The van der Waals surface area contributed by atoms with Crippen LogP contribution in [0.3, 0.4) is 0 Å². The van der Waals surface area contributed by atoms with Crippen LogP contribution in [0.15, 0.2) is 17.3 Å². The molecule has 1 aliphatic carbocycles. The van der Waals surface area contributed by atoms with Crippen LogP contribution in [0.25, 0.3) is 0 Å². The SMILES string of the molecule is CCc1nc(S(=O)(=O)[C@@H]2CCc3c(F)cc(F)cc32)n[nH]1. The van der Waals surface area contributed by atoms with Crippen LogP contribution < -0.4 is 0 Å². The van der Waals surface area contributed by atoms with Crippen molar-refractivity contribution in [3.63, 3.8) is 0 Å². The molecule has 112 valence electrons. The molecule has 8 heteroatoms. The van der Waals surface area contributed by atoms with Gasteiger partial charge in [0.2, 0.25) is 9.84 Å². The van der Waals surface area contributed by atoms with Crippen molar-refractivity contribution in [2.75, 3.05) is 0 Å². The van der Waals surface area contributed by atoms with Crippen LogP contribution in [-0.2, 0) is 22.7 Å². The van der Waals surface area contributed by atoms with Gasteiger partial charge in [0.25, 0.3) is 5.16 Å². The van der Waals surface area contributed by atoms with E-state index >= 15 is 0 Å². The number of halogens is 2. The molecule has 0 aliphatic heterocycles. The highest BCUT2D eigenvalue weighted by molar-refractivity contribution is 7.91. The minimum atomic E-state index is -3.86. The molecule has 3 rings (SSSR count). The van der Waals surface area contributed by atoms with E-state index in [2.05, 4.69) is 15.2 Å². The van der Waals surface area contributed by atoms with Gasteiger partial charge in [-0.2, -0.15) is 0 Å². The third kappa shape index (κ3) is 2.23. The molecule has 0 radical (unpaired) electrons. The van der Waals surface area contributed by atoms with Gasteiger partial charge < -0.3 is 0 Å². The predicted octanol–water partition coefficient (Wildman–Crippen LogP) is 2.11. The standard InChI is InChI=1S/C13H13F2N3O2S/c1-2-12-16-13(18-17-12)21(19,20)11-4-3-8-9(11)5-7(14)6-10(8)15/h5-6,11H,2-4H2,1H3,(H,16,17,18)/t11-/m1/s1. The molecular weight excluding hydrogens is 300 g/mol. The van der Waals surface area contributed by atoms with Gasteiger partial charge in [0.1, 0.15) is 17.5 Å². The molecule has 0 unspecified atom stereocenters. The maximum atomic E-state index is 13.7. The number of nitrogens with zero attached hydrogens (tertiary/aromatic N) is 2. The van der Waals surface area contributed by atoms with Crippen molar-refractivity contribution in [2.24, 2.45) is 0 Å². The first-order valence-electron chi connectivity index (χ1n) is 6.56. The summed E-state index contributed by atoms with van der Waals surface area (Å²) in [6.07, 6.45) is 0.984. The van der Waals surface area contributed by atoms with E-state index in [1.54, 1.807) is 0 Å². The van der Waals surface area contributed by atoms with Gasteiger partial charge in [-0.3, -0.25) is 5.10 Å². The summed E-state index contributed by atoms with van der Waals surface area (Å²) in [7, 11) is -3.86. The lowest BCUT2D eigenvalue weighted by atomic mass is 10.1. The molecule has 1 atom stereocenters. The molecule has 0 spiro atoms. The average Bonchev–Trinajstić information content (AvgIpc) is 3.04. The molecule has 1 heterocycles. The van der Waals surface area contributed by atoms with E-state index in [-0.39, 0.29) is 29.1 Å². The predicted molar refractivity (Wildman–Crippen MR) is 70.4 cm³/mol. The molecule has 1 N–H and O–H groups in total. The monoisotopic (exact) mass is 313 g/mol. The highest BCUT2D eigenvalue weighted by Crippen LogP contribution is 2.40. The number of H-pyrrole nitrogens is 1. The first-order chi connectivity index (χ1) is 9.93. The molecule has 5 nitrogen and oxygen atoms in total. The van der Waals surface area contributed by atoms with Crippen LogP contribution >= 0.6 is 0 Å². The lowest BCUT2D eigenvalue weighted by Crippen LogP contribution is -2.13. The van der Waals surface area contributed by atoms with Crippen LogP contribution in [0.4, 0.5) is 8.78 Å². The van der Waals surface area contributed by atoms with Crippen LogP contribution in [0.2, 0.25) is 0 Å². The van der Waals surface area contributed by atoms with E-state index in [9.17, 15) is 17.2 Å². The largest absolute Gasteiger partial charge is 0.267 e. The summed E-state index contributed by atoms with van der Waals surface area (Å²) >= 11 is 0. The second kappa shape index (κ2) is 4.87. The zero-order valence-corrected chi connectivity index (χ0v) is 12.0. The molecule has 0 saturated heterocycles. The van der Waals surface area contributed by atoms with Crippen molar-refractivity contribution < 1.29 is 17.2 Å². The molecule has 1 aromatic carbocycles. The van der Waals surface area contributed by atoms with Gasteiger partial charge in [0, 0.05) is 12.5 Å². The van der Waals surface area contributed by atoms with Gasteiger partial charge in [-0.05, 0) is 30.0 Å². The van der Waals surface area contributed by atoms with Gasteiger partial charge in [0.15, 0.2) is 0 Å². The number of rotatable bonds is 3. The lowest BCUT2D eigenvalue weighted by Gasteiger charge is -2.10. The average molecular weight is 313 g/mol. The Morgan fingerprint density at radius 1 is 1.38 bits per heavy atom. The Bertz CT molecular complexity index is 802. The number of hydrogen-bond donors (Lipinski definition) is 1. The Hall–Kier alpha value is -1.83. The van der Waals surface area contributed by atoms with E-state index in [0.717, 1.165) is 12.1 Å². The highest BCUT2D eigenvalue weighted by Gasteiger charge is 2.38. The third-order valence-corrected chi connectivity index (χ3v) is 5.60. The molecule has 1 aromatic heterocycles. The molecule has 0 amide bonds. The topological polar surface area (TPSA) is 75.7 Å². The van der Waals surface area contributed by atoms with Gasteiger partial charge in [0.05, 0.1) is 5.25 Å². The molecule has 0 saturated carbocycles. The van der Waals surface area contributed by atoms with E-state index < -0.39 is 26.7 Å². The lowest BCUT2D eigenvalue weighted by molar-refractivity contribution is 0.570. The number of aromatic nitrogens is 3. The molecule has 1 aliphatic rings. The number of nitrogens with one attached hydrogen (secondary N) is 1. The minimum absolute atomic E-state index is 0.176. The van der Waals surface area contributed by atoms with E-state index in [1.165, 1.54) is 0 Å². The van der Waals surface area contributed by atoms with Gasteiger partial charge >= 0.3 is 0 Å². The van der Waals surface area contributed by atoms with Crippen molar-refractivity contribution in [3.05, 3.63) is 40.7 Å². The number of aryl methyl sites for hydroxylation is 1. The summed E-state index contributed by atoms with van der Waals surface area (Å²) in [5.41, 5.74) is 0.437. The first-order valence-corrected chi connectivity index (χ1v) is 8.11. The van der Waals surface area contributed by atoms with Crippen molar-refractivity contribution in [1.29, 1.82) is 0 Å². The second-order valence-corrected chi connectivity index (χ2v) is 6.97. The van der Waals surface area contributed by atoms with Crippen molar-refractivity contribution in [2.45, 2.75) is 36.6 Å². The summed E-state index contributed by atoms with van der Waals surface area (Å²) in [6.45, 7) is 1.81. The maximum Gasteiger partial charge on any atom is 0.267 e. The van der Waals surface area contributed by atoms with Gasteiger partial charge in [-0.25, -0.2) is 22.2 Å². The zero-order valence-electron chi connectivity index (χ0n) is 11.2. The Balaban J connectivity index is 2.07. The van der Waals surface area contributed by atoms with Crippen LogP contribution in [-0.4, -0.2) is 23.6 Å². The number of sulfone groups is 1. The summed E-state index contributed by atoms with van der Waals surface area (Å²) in [6, 6.07) is 1.86. The maximum absolute atomic E-state index is 13.7. The van der Waals surface area contributed by atoms with Crippen molar-refractivity contribution in [3.8, 4) is 0 Å². The van der Waals surface area contributed by atoms with Gasteiger partial charge in [-0.1, -0.05) is 6.92 Å². The number of hydrogen-bond acceptors (Lipinski definition) is 4. The third-order valence-electron chi connectivity index (χ3n) is 3.67. The molecule has 0 fully saturated rings. The Morgan fingerprint density at radius 2 is 2.14 bits per heavy atom. The Kier molecular flexibility index (Phi) is 3.27. The summed E-state index contributed by atoms with van der Waals surface area (Å²) in [5.74, 6) is -1.03. The van der Waals surface area contributed by atoms with Crippen molar-refractivity contribution in [1.82, 2.24) is 15.2 Å². The van der Waals surface area contributed by atoms with E-state index in [1.807, 2.05) is 6.92 Å². The fourth-order valence-corrected chi connectivity index (χ4v) is 4.26. The Morgan fingerprint density at radius 3 is 2.81 bits per heavy atom. The molecular formula is C13H13F2N3O2S. The molecule has 21 heavy (non-hydrogen) atoms. The minimum Gasteiger partial charge on any atom is -0.262 e. The smallest absolute Gasteiger partial charge is 0.262 e. The summed E-state index contributed by atoms with van der Waals surface area (Å²) < 4.78 is 52.2. The fraction of sp³-hybridized carbons (Fsp3) is 0.385. The number of fused-ring (bicyclic) bond motifs is 1. The normalized spacial score (nSPS) is 18.0. The van der Waals surface area contributed by atoms with Crippen molar-refractivity contribution >= 4 is 9.84 Å². The van der Waals surface area contributed by atoms with Crippen LogP contribution in [0, 0.1) is 11.6 Å². The summed E-state index contributed by atoms with van der Waals surface area (Å²) in [5, 5.41) is 4.93. The second-order valence-electron chi connectivity index (χ2n) is 4.95. The van der Waals surface area contributed by atoms with Crippen LogP contribution in [0.5, 0.6) is 0 Å². The van der Waals surface area contributed by atoms with E-state index in [0.29, 0.717) is 12.2 Å². The zero-order chi connectivity index (χ0) is 15.2. The number of benzene rings is 1. The molecule has 0 bridgehead atoms. The van der Waals surface area contributed by atoms with Gasteiger partial charge in [-0.15, -0.1) is 5.10 Å². The number of aromatic amines is 1. The quantitative estimate of drug-likeness (QED) is 0.941. The van der Waals surface area contributed by atoms with E-state index in [4.69, 9.17) is 0 Å². The first kappa shape index (κ1) is 14.1. The van der Waals surface area contributed by atoms with Crippen LogP contribution in [0.1, 0.15) is 35.5 Å². The summed E-state index contributed by atoms with van der Waals surface area (Å²) in [4.78, 5) is 3.92. The molecule has 2 aromatic rings. The fourth-order valence-electron chi connectivity index (χ4n) is 2.62.